The van der Waals surface area contributed by atoms with Gasteiger partial charge in [-0.05, 0) is 41.8 Å². The molecule has 0 bridgehead atoms. The van der Waals surface area contributed by atoms with Crippen LogP contribution in [-0.2, 0) is 17.9 Å². The highest BCUT2D eigenvalue weighted by Gasteiger charge is 2.22. The van der Waals surface area contributed by atoms with Crippen molar-refractivity contribution in [2.24, 2.45) is 10.7 Å². The number of halogens is 1. The molecule has 3 aromatic carbocycles. The Bertz CT molecular complexity index is 1050. The third-order valence-corrected chi connectivity index (χ3v) is 5.11. The highest BCUT2D eigenvalue weighted by molar-refractivity contribution is 14.0. The van der Waals surface area contributed by atoms with E-state index in [0.717, 1.165) is 11.4 Å². The average molecular weight is 542 g/mol. The normalized spacial score (nSPS) is 12.6. The van der Waals surface area contributed by atoms with Crippen molar-refractivity contribution < 1.29 is 9.53 Å². The Kier molecular flexibility index (Phi) is 8.49. The molecule has 0 fully saturated rings. The number of anilines is 1. The van der Waals surface area contributed by atoms with Crippen LogP contribution in [0.5, 0.6) is 11.5 Å². The molecule has 0 saturated heterocycles. The Morgan fingerprint density at radius 1 is 0.938 bits per heavy atom. The number of aliphatic imine (C=N–C) groups is 1. The van der Waals surface area contributed by atoms with E-state index in [9.17, 15) is 4.79 Å². The van der Waals surface area contributed by atoms with E-state index in [1.54, 1.807) is 0 Å². The molecule has 0 unspecified atom stereocenters. The van der Waals surface area contributed by atoms with Crippen molar-refractivity contribution in [3.8, 4) is 11.5 Å². The molecule has 0 aliphatic carbocycles. The fraction of sp³-hybridized carbons (Fsp3) is 0.200. The molecular weight excluding hydrogens is 515 g/mol. The summed E-state index contributed by atoms with van der Waals surface area (Å²) < 4.78 is 5.83. The number of hydrogen-bond donors (Lipinski definition) is 2. The summed E-state index contributed by atoms with van der Waals surface area (Å²) in [7, 11) is 0. The van der Waals surface area contributed by atoms with Gasteiger partial charge in [0.15, 0.2) is 5.96 Å². The van der Waals surface area contributed by atoms with E-state index in [4.69, 9.17) is 10.5 Å². The van der Waals surface area contributed by atoms with Crippen LogP contribution in [0, 0.1) is 0 Å². The minimum absolute atomic E-state index is 0. The molecule has 7 heteroatoms. The fourth-order valence-electron chi connectivity index (χ4n) is 3.55. The van der Waals surface area contributed by atoms with Crippen LogP contribution in [0.25, 0.3) is 0 Å². The third-order valence-electron chi connectivity index (χ3n) is 5.11. The van der Waals surface area contributed by atoms with Gasteiger partial charge in [-0.3, -0.25) is 9.79 Å². The minimum atomic E-state index is 0. The van der Waals surface area contributed by atoms with Crippen LogP contribution < -0.4 is 15.8 Å². The van der Waals surface area contributed by atoms with Gasteiger partial charge in [0, 0.05) is 37.8 Å². The Hall–Kier alpha value is -3.07. The standard InChI is InChI=1S/C25H26N4O2.HI/c26-25(28-21-10-6-13-23(16-21)31-22-11-2-1-3-12-22)27-15-7-14-24(30)29-17-19-8-4-5-9-20(19)18-29;/h1-6,8-13,16H,7,14-15,17-18H2,(H3,26,27,28);1H. The van der Waals surface area contributed by atoms with Crippen molar-refractivity contribution >= 4 is 41.5 Å². The lowest BCUT2D eigenvalue weighted by Crippen LogP contribution is -2.25. The zero-order valence-corrected chi connectivity index (χ0v) is 20.1. The number of hydrogen-bond acceptors (Lipinski definition) is 3. The molecule has 0 spiro atoms. The smallest absolute Gasteiger partial charge is 0.223 e. The average Bonchev–Trinajstić information content (AvgIpc) is 3.22. The van der Waals surface area contributed by atoms with E-state index in [2.05, 4.69) is 22.4 Å². The maximum Gasteiger partial charge on any atom is 0.223 e. The minimum Gasteiger partial charge on any atom is -0.457 e. The first-order valence-corrected chi connectivity index (χ1v) is 10.4. The van der Waals surface area contributed by atoms with E-state index >= 15 is 0 Å². The number of nitrogens with zero attached hydrogens (tertiary/aromatic N) is 2. The number of ether oxygens (including phenoxy) is 1. The summed E-state index contributed by atoms with van der Waals surface area (Å²) in [6.45, 7) is 1.89. The molecule has 0 saturated carbocycles. The lowest BCUT2D eigenvalue weighted by Gasteiger charge is -2.15. The van der Waals surface area contributed by atoms with Gasteiger partial charge in [0.05, 0.1) is 0 Å². The Balaban J connectivity index is 0.00000289. The Labute approximate surface area is 205 Å². The van der Waals surface area contributed by atoms with Crippen molar-refractivity contribution in [1.82, 2.24) is 4.90 Å². The van der Waals surface area contributed by atoms with Crippen molar-refractivity contribution in [3.63, 3.8) is 0 Å². The molecule has 1 amide bonds. The van der Waals surface area contributed by atoms with Crippen LogP contribution in [0.1, 0.15) is 24.0 Å². The van der Waals surface area contributed by atoms with Gasteiger partial charge in [0.25, 0.3) is 0 Å². The number of rotatable bonds is 7. The molecule has 0 radical (unpaired) electrons. The number of fused-ring (bicyclic) bond motifs is 1. The summed E-state index contributed by atoms with van der Waals surface area (Å²) >= 11 is 0. The molecule has 3 N–H and O–H groups in total. The number of nitrogens with two attached hydrogens (primary N) is 1. The van der Waals surface area contributed by atoms with Gasteiger partial charge in [0.2, 0.25) is 5.91 Å². The summed E-state index contributed by atoms with van der Waals surface area (Å²) in [6, 6.07) is 25.3. The highest BCUT2D eigenvalue weighted by Crippen LogP contribution is 2.24. The quantitative estimate of drug-likeness (QED) is 0.188. The maximum absolute atomic E-state index is 12.5. The zero-order chi connectivity index (χ0) is 21.5. The van der Waals surface area contributed by atoms with Crippen molar-refractivity contribution in [2.75, 3.05) is 11.9 Å². The van der Waals surface area contributed by atoms with Crippen LogP contribution in [-0.4, -0.2) is 23.3 Å². The largest absolute Gasteiger partial charge is 0.457 e. The summed E-state index contributed by atoms with van der Waals surface area (Å²) in [5.74, 6) is 1.95. The predicted molar refractivity (Wildman–Crippen MR) is 138 cm³/mol. The molecule has 3 aromatic rings. The van der Waals surface area contributed by atoms with Crippen LogP contribution in [0.3, 0.4) is 0 Å². The second kappa shape index (κ2) is 11.5. The van der Waals surface area contributed by atoms with Gasteiger partial charge < -0.3 is 20.7 Å². The second-order valence-corrected chi connectivity index (χ2v) is 7.46. The van der Waals surface area contributed by atoms with E-state index in [-0.39, 0.29) is 29.9 Å². The molecule has 0 atom stereocenters. The number of benzene rings is 3. The van der Waals surface area contributed by atoms with E-state index in [1.807, 2.05) is 71.6 Å². The van der Waals surface area contributed by atoms with Crippen molar-refractivity contribution in [2.45, 2.75) is 25.9 Å². The molecule has 4 rings (SSSR count). The molecule has 1 heterocycles. The number of para-hydroxylation sites is 1. The summed E-state index contributed by atoms with van der Waals surface area (Å²) in [5, 5.41) is 3.08. The molecule has 32 heavy (non-hydrogen) atoms. The predicted octanol–water partition coefficient (Wildman–Crippen LogP) is 5.15. The number of guanidine groups is 1. The van der Waals surface area contributed by atoms with Crippen LogP contribution >= 0.6 is 24.0 Å². The van der Waals surface area contributed by atoms with Gasteiger partial charge >= 0.3 is 0 Å². The molecular formula is C25H27IN4O2. The van der Waals surface area contributed by atoms with Crippen molar-refractivity contribution in [1.29, 1.82) is 0 Å². The second-order valence-electron chi connectivity index (χ2n) is 7.46. The van der Waals surface area contributed by atoms with E-state index in [0.29, 0.717) is 44.2 Å². The van der Waals surface area contributed by atoms with Gasteiger partial charge in [-0.25, -0.2) is 0 Å². The SMILES string of the molecule is I.NC(=NCCCC(=O)N1Cc2ccccc2C1)Nc1cccc(Oc2ccccc2)c1. The monoisotopic (exact) mass is 542 g/mol. The Morgan fingerprint density at radius 2 is 1.59 bits per heavy atom. The number of amides is 1. The lowest BCUT2D eigenvalue weighted by molar-refractivity contribution is -0.131. The third kappa shape index (κ3) is 6.46. The summed E-state index contributed by atoms with van der Waals surface area (Å²) in [5.41, 5.74) is 9.27. The molecule has 166 valence electrons. The van der Waals surface area contributed by atoms with Crippen LogP contribution in [0.2, 0.25) is 0 Å². The summed E-state index contributed by atoms with van der Waals surface area (Å²) in [6.07, 6.45) is 1.12. The number of carbonyl (C=O) groups is 1. The number of carbonyl (C=O) groups excluding carboxylic acids is 1. The first-order valence-electron chi connectivity index (χ1n) is 10.4. The Morgan fingerprint density at radius 3 is 2.31 bits per heavy atom. The topological polar surface area (TPSA) is 80.0 Å². The van der Waals surface area contributed by atoms with Crippen molar-refractivity contribution in [3.05, 3.63) is 90.0 Å². The first kappa shape index (κ1) is 23.6. The van der Waals surface area contributed by atoms with Gasteiger partial charge in [-0.1, -0.05) is 48.5 Å². The fourth-order valence-corrected chi connectivity index (χ4v) is 3.55. The van der Waals surface area contributed by atoms with Crippen LogP contribution in [0.4, 0.5) is 5.69 Å². The lowest BCUT2D eigenvalue weighted by atomic mass is 10.1. The molecule has 1 aliphatic rings. The van der Waals surface area contributed by atoms with Crippen LogP contribution in [0.15, 0.2) is 83.9 Å². The first-order chi connectivity index (χ1) is 15.2. The van der Waals surface area contributed by atoms with E-state index < -0.39 is 0 Å². The van der Waals surface area contributed by atoms with Gasteiger partial charge in [-0.2, -0.15) is 0 Å². The highest BCUT2D eigenvalue weighted by atomic mass is 127. The van der Waals surface area contributed by atoms with Gasteiger partial charge in [0.1, 0.15) is 11.5 Å². The molecule has 1 aliphatic heterocycles. The maximum atomic E-state index is 12.5. The van der Waals surface area contributed by atoms with Gasteiger partial charge in [-0.15, -0.1) is 24.0 Å². The molecule has 0 aromatic heterocycles. The number of nitrogens with one attached hydrogen (secondary N) is 1. The molecule has 6 nitrogen and oxygen atoms in total. The van der Waals surface area contributed by atoms with E-state index in [1.165, 1.54) is 11.1 Å². The summed E-state index contributed by atoms with van der Waals surface area (Å²) in [4.78, 5) is 18.7. The zero-order valence-electron chi connectivity index (χ0n) is 17.7.